The molecule has 0 aliphatic rings. The van der Waals surface area contributed by atoms with Crippen LogP contribution in [0.4, 0.5) is 5.69 Å². The van der Waals surface area contributed by atoms with E-state index >= 15 is 0 Å². The van der Waals surface area contributed by atoms with Crippen LogP contribution in [0, 0.1) is 0 Å². The van der Waals surface area contributed by atoms with Crippen molar-refractivity contribution in [3.8, 4) is 0 Å². The smallest absolute Gasteiger partial charge is 0.124 e. The molecule has 2 N–H and O–H groups in total. The molecule has 0 bridgehead atoms. The summed E-state index contributed by atoms with van der Waals surface area (Å²) in [4.78, 5) is 6.92. The van der Waals surface area contributed by atoms with Crippen LogP contribution in [-0.4, -0.2) is 23.1 Å². The Kier molecular flexibility index (Phi) is 5.19. The average Bonchev–Trinajstić information content (AvgIpc) is 2.29. The van der Waals surface area contributed by atoms with Crippen molar-refractivity contribution in [1.82, 2.24) is 4.98 Å². The highest BCUT2D eigenvalue weighted by molar-refractivity contribution is 7.80. The summed E-state index contributed by atoms with van der Waals surface area (Å²) >= 11 is 5.03. The van der Waals surface area contributed by atoms with Crippen LogP contribution in [-0.2, 0) is 0 Å². The number of hydrogen-bond donors (Lipinski definition) is 1. The van der Waals surface area contributed by atoms with Crippen LogP contribution in [0.3, 0.4) is 0 Å². The van der Waals surface area contributed by atoms with Gasteiger partial charge in [0.15, 0.2) is 0 Å². The van der Waals surface area contributed by atoms with Crippen molar-refractivity contribution in [2.75, 3.05) is 18.0 Å². The number of nitrogens with two attached hydrogens (primary N) is 1. The first-order valence-corrected chi connectivity index (χ1v) is 6.11. The van der Waals surface area contributed by atoms with Gasteiger partial charge in [0.1, 0.15) is 10.7 Å². The highest BCUT2D eigenvalue weighted by Gasteiger charge is 2.12. The second-order valence-electron chi connectivity index (χ2n) is 3.72. The van der Waals surface area contributed by atoms with Crippen LogP contribution in [0.15, 0.2) is 18.3 Å². The zero-order chi connectivity index (χ0) is 12.0. The van der Waals surface area contributed by atoms with Gasteiger partial charge in [0, 0.05) is 19.3 Å². The maximum absolute atomic E-state index is 5.69. The predicted molar refractivity (Wildman–Crippen MR) is 72.9 cm³/mol. The molecule has 1 aromatic heterocycles. The number of rotatable bonds is 6. The van der Waals surface area contributed by atoms with E-state index in [2.05, 4.69) is 23.7 Å². The van der Waals surface area contributed by atoms with E-state index in [0.29, 0.717) is 4.99 Å². The average molecular weight is 237 g/mol. The van der Waals surface area contributed by atoms with Gasteiger partial charge in [-0.2, -0.15) is 0 Å². The monoisotopic (exact) mass is 237 g/mol. The number of nitrogens with zero attached hydrogens (tertiary/aromatic N) is 2. The third-order valence-electron chi connectivity index (χ3n) is 2.35. The Morgan fingerprint density at radius 1 is 1.38 bits per heavy atom. The third kappa shape index (κ3) is 3.17. The maximum atomic E-state index is 5.69. The molecule has 0 aliphatic heterocycles. The van der Waals surface area contributed by atoms with Crippen LogP contribution in [0.5, 0.6) is 0 Å². The Balaban J connectivity index is 3.02. The molecule has 0 spiro atoms. The first-order chi connectivity index (χ1) is 7.70. The van der Waals surface area contributed by atoms with Gasteiger partial charge in [-0.15, -0.1) is 0 Å². The van der Waals surface area contributed by atoms with Crippen molar-refractivity contribution in [3.63, 3.8) is 0 Å². The quantitative estimate of drug-likeness (QED) is 0.771. The molecular formula is C12H19N3S. The SMILES string of the molecule is CCCN(CCC)c1cccnc1C(N)=S. The fraction of sp³-hybridized carbons (Fsp3) is 0.500. The van der Waals surface area contributed by atoms with Crippen LogP contribution < -0.4 is 10.6 Å². The molecule has 1 rings (SSSR count). The molecule has 0 unspecified atom stereocenters. The predicted octanol–water partition coefficient (Wildman–Crippen LogP) is 2.34. The van der Waals surface area contributed by atoms with Crippen molar-refractivity contribution >= 4 is 22.9 Å². The largest absolute Gasteiger partial charge is 0.388 e. The summed E-state index contributed by atoms with van der Waals surface area (Å²) in [6, 6.07) is 3.96. The van der Waals surface area contributed by atoms with Crippen molar-refractivity contribution in [1.29, 1.82) is 0 Å². The Morgan fingerprint density at radius 2 is 2.00 bits per heavy atom. The van der Waals surface area contributed by atoms with E-state index in [0.717, 1.165) is 37.3 Å². The topological polar surface area (TPSA) is 42.2 Å². The van der Waals surface area contributed by atoms with Crippen LogP contribution >= 0.6 is 12.2 Å². The standard InChI is InChI=1S/C12H19N3S/c1-3-8-15(9-4-2)10-6-5-7-14-11(10)12(13)16/h5-7H,3-4,8-9H2,1-2H3,(H2,13,16). The molecule has 0 saturated heterocycles. The fourth-order valence-electron chi connectivity index (χ4n) is 1.73. The Bertz CT molecular complexity index is 346. The summed E-state index contributed by atoms with van der Waals surface area (Å²) in [6.45, 7) is 6.35. The zero-order valence-electron chi connectivity index (χ0n) is 9.94. The molecule has 0 aliphatic carbocycles. The molecular weight excluding hydrogens is 218 g/mol. The van der Waals surface area contributed by atoms with Gasteiger partial charge in [-0.25, -0.2) is 0 Å². The van der Waals surface area contributed by atoms with Crippen molar-refractivity contribution in [2.45, 2.75) is 26.7 Å². The molecule has 16 heavy (non-hydrogen) atoms. The third-order valence-corrected chi connectivity index (χ3v) is 2.54. The second-order valence-corrected chi connectivity index (χ2v) is 4.16. The van der Waals surface area contributed by atoms with Crippen molar-refractivity contribution in [2.24, 2.45) is 5.73 Å². The Morgan fingerprint density at radius 3 is 2.50 bits per heavy atom. The minimum atomic E-state index is 0.368. The van der Waals surface area contributed by atoms with E-state index in [1.54, 1.807) is 6.20 Å². The van der Waals surface area contributed by atoms with Gasteiger partial charge in [-0.1, -0.05) is 26.1 Å². The fourth-order valence-corrected chi connectivity index (χ4v) is 1.89. The second kappa shape index (κ2) is 6.43. The van der Waals surface area contributed by atoms with E-state index in [1.807, 2.05) is 12.1 Å². The van der Waals surface area contributed by atoms with E-state index in [9.17, 15) is 0 Å². The number of aromatic nitrogens is 1. The van der Waals surface area contributed by atoms with Crippen LogP contribution in [0.2, 0.25) is 0 Å². The van der Waals surface area contributed by atoms with Gasteiger partial charge in [0.05, 0.1) is 5.69 Å². The van der Waals surface area contributed by atoms with Gasteiger partial charge in [0.2, 0.25) is 0 Å². The molecule has 3 nitrogen and oxygen atoms in total. The lowest BCUT2D eigenvalue weighted by atomic mass is 10.2. The van der Waals surface area contributed by atoms with E-state index in [1.165, 1.54) is 0 Å². The maximum Gasteiger partial charge on any atom is 0.124 e. The summed E-state index contributed by atoms with van der Waals surface area (Å²) in [5.74, 6) is 0. The Labute approximate surface area is 103 Å². The van der Waals surface area contributed by atoms with Gasteiger partial charge in [-0.3, -0.25) is 4.98 Å². The zero-order valence-corrected chi connectivity index (χ0v) is 10.8. The van der Waals surface area contributed by atoms with Gasteiger partial charge >= 0.3 is 0 Å². The molecule has 0 radical (unpaired) electrons. The molecule has 1 heterocycles. The number of hydrogen-bond acceptors (Lipinski definition) is 3. The van der Waals surface area contributed by atoms with Crippen molar-refractivity contribution in [3.05, 3.63) is 24.0 Å². The summed E-state index contributed by atoms with van der Waals surface area (Å²) in [5.41, 5.74) is 7.48. The van der Waals surface area contributed by atoms with Crippen LogP contribution in [0.1, 0.15) is 32.4 Å². The molecule has 0 amide bonds. The normalized spacial score (nSPS) is 10.1. The number of anilines is 1. The highest BCUT2D eigenvalue weighted by Crippen LogP contribution is 2.18. The lowest BCUT2D eigenvalue weighted by Crippen LogP contribution is -2.28. The lowest BCUT2D eigenvalue weighted by molar-refractivity contribution is 0.742. The van der Waals surface area contributed by atoms with E-state index < -0.39 is 0 Å². The van der Waals surface area contributed by atoms with E-state index in [-0.39, 0.29) is 0 Å². The summed E-state index contributed by atoms with van der Waals surface area (Å²) < 4.78 is 0. The molecule has 0 saturated carbocycles. The van der Waals surface area contributed by atoms with Gasteiger partial charge in [-0.05, 0) is 25.0 Å². The van der Waals surface area contributed by atoms with E-state index in [4.69, 9.17) is 18.0 Å². The number of thiocarbonyl (C=S) groups is 1. The molecule has 0 fully saturated rings. The minimum Gasteiger partial charge on any atom is -0.388 e. The first-order valence-electron chi connectivity index (χ1n) is 5.70. The molecule has 1 aromatic rings. The molecule has 0 aromatic carbocycles. The molecule has 0 atom stereocenters. The summed E-state index contributed by atoms with van der Waals surface area (Å²) in [5, 5.41) is 0. The van der Waals surface area contributed by atoms with Crippen molar-refractivity contribution < 1.29 is 0 Å². The molecule has 4 heteroatoms. The highest BCUT2D eigenvalue weighted by atomic mass is 32.1. The summed E-state index contributed by atoms with van der Waals surface area (Å²) in [7, 11) is 0. The Hall–Kier alpha value is -1.16. The van der Waals surface area contributed by atoms with Gasteiger partial charge in [0.25, 0.3) is 0 Å². The number of pyridine rings is 1. The molecule has 88 valence electrons. The minimum absolute atomic E-state index is 0.368. The lowest BCUT2D eigenvalue weighted by Gasteiger charge is -2.25. The summed E-state index contributed by atoms with van der Waals surface area (Å²) in [6.07, 6.45) is 3.94. The van der Waals surface area contributed by atoms with Crippen LogP contribution in [0.25, 0.3) is 0 Å². The first kappa shape index (κ1) is 12.9. The van der Waals surface area contributed by atoms with Gasteiger partial charge < -0.3 is 10.6 Å².